The van der Waals surface area contributed by atoms with Crippen molar-refractivity contribution >= 4 is 11.6 Å². The van der Waals surface area contributed by atoms with E-state index < -0.39 is 10.7 Å². The third kappa shape index (κ3) is 2.49. The highest BCUT2D eigenvalue weighted by Crippen LogP contribution is 2.30. The molecule has 112 valence electrons. The van der Waals surface area contributed by atoms with Crippen molar-refractivity contribution in [3.63, 3.8) is 0 Å². The number of benzene rings is 1. The molecule has 2 atom stereocenters. The van der Waals surface area contributed by atoms with Crippen LogP contribution in [0, 0.1) is 15.9 Å². The number of hydrogen-bond donors (Lipinski definition) is 1. The maximum Gasteiger partial charge on any atom is 0.272 e. The third-order valence-electron chi connectivity index (χ3n) is 4.28. The number of fused-ring (bicyclic) bond motifs is 2. The van der Waals surface area contributed by atoms with Crippen LogP contribution >= 0.6 is 0 Å². The molecule has 2 saturated heterocycles. The van der Waals surface area contributed by atoms with Gasteiger partial charge in [-0.05, 0) is 31.9 Å². The Balaban J connectivity index is 1.90. The summed E-state index contributed by atoms with van der Waals surface area (Å²) >= 11 is 0. The van der Waals surface area contributed by atoms with Crippen molar-refractivity contribution in [3.8, 4) is 0 Å². The molecule has 2 aliphatic rings. The number of halogens is 1. The van der Waals surface area contributed by atoms with Gasteiger partial charge in [0.1, 0.15) is 5.82 Å². The summed E-state index contributed by atoms with van der Waals surface area (Å²) in [4.78, 5) is 24.3. The normalized spacial score (nSPS) is 24.7. The van der Waals surface area contributed by atoms with E-state index in [0.29, 0.717) is 0 Å². The van der Waals surface area contributed by atoms with Crippen LogP contribution in [-0.2, 0) is 0 Å². The van der Waals surface area contributed by atoms with E-state index in [2.05, 4.69) is 5.32 Å². The Bertz CT molecular complexity index is 579. The van der Waals surface area contributed by atoms with Gasteiger partial charge in [0, 0.05) is 24.7 Å². The Labute approximate surface area is 121 Å². The van der Waals surface area contributed by atoms with Gasteiger partial charge in [-0.3, -0.25) is 14.9 Å². The van der Waals surface area contributed by atoms with E-state index in [0.717, 1.165) is 38.4 Å². The first-order chi connectivity index (χ1) is 10.1. The topological polar surface area (TPSA) is 75.5 Å². The quantitative estimate of drug-likeness (QED) is 0.665. The molecule has 1 N–H and O–H groups in total. The number of nitro benzene ring substituents is 1. The Morgan fingerprint density at radius 1 is 1.33 bits per heavy atom. The molecule has 0 saturated carbocycles. The molecule has 2 heterocycles. The molecular formula is C14H16FN3O3. The maximum atomic E-state index is 14.0. The largest absolute Gasteiger partial charge is 0.331 e. The van der Waals surface area contributed by atoms with Crippen LogP contribution in [0.1, 0.15) is 29.6 Å². The number of hydrogen-bond acceptors (Lipinski definition) is 4. The van der Waals surface area contributed by atoms with Crippen molar-refractivity contribution in [1.82, 2.24) is 10.2 Å². The predicted octanol–water partition coefficient (Wildman–Crippen LogP) is 1.70. The number of nitro groups is 1. The second-order valence-electron chi connectivity index (χ2n) is 5.51. The maximum absolute atomic E-state index is 14.0. The molecule has 1 aromatic carbocycles. The van der Waals surface area contributed by atoms with Crippen molar-refractivity contribution in [1.29, 1.82) is 0 Å². The minimum atomic E-state index is -0.828. The lowest BCUT2D eigenvalue weighted by molar-refractivity contribution is -0.385. The zero-order chi connectivity index (χ0) is 15.0. The Hall–Kier alpha value is -2.02. The molecule has 1 aromatic rings. The highest BCUT2D eigenvalue weighted by atomic mass is 19.1. The minimum absolute atomic E-state index is 0.0830. The van der Waals surface area contributed by atoms with Crippen LogP contribution in [-0.4, -0.2) is 40.9 Å². The molecule has 2 fully saturated rings. The van der Waals surface area contributed by atoms with Gasteiger partial charge in [-0.15, -0.1) is 0 Å². The number of amides is 1. The molecule has 7 heteroatoms. The van der Waals surface area contributed by atoms with Crippen molar-refractivity contribution < 1.29 is 14.1 Å². The second kappa shape index (κ2) is 5.40. The fourth-order valence-electron chi connectivity index (χ4n) is 3.24. The smallest absolute Gasteiger partial charge is 0.272 e. The van der Waals surface area contributed by atoms with E-state index in [-0.39, 0.29) is 29.2 Å². The molecule has 0 radical (unpaired) electrons. The zero-order valence-corrected chi connectivity index (χ0v) is 11.4. The van der Waals surface area contributed by atoms with Crippen LogP contribution in [0.5, 0.6) is 0 Å². The van der Waals surface area contributed by atoms with Crippen LogP contribution in [0.15, 0.2) is 18.2 Å². The molecule has 3 rings (SSSR count). The standard InChI is InChI=1S/C14H16FN3O3/c15-13-7-10(18(20)21)3-4-12(13)14(19)17-9-1-2-11(17)8-16-6-5-9/h3-4,7,9,11,16H,1-2,5-6,8H2. The van der Waals surface area contributed by atoms with Crippen LogP contribution in [0.2, 0.25) is 0 Å². The highest BCUT2D eigenvalue weighted by molar-refractivity contribution is 5.95. The van der Waals surface area contributed by atoms with Crippen molar-refractivity contribution in [2.75, 3.05) is 13.1 Å². The number of nitrogens with one attached hydrogen (secondary N) is 1. The summed E-state index contributed by atoms with van der Waals surface area (Å²) in [6, 6.07) is 3.42. The summed E-state index contributed by atoms with van der Waals surface area (Å²) in [6.45, 7) is 1.57. The van der Waals surface area contributed by atoms with Gasteiger partial charge in [0.2, 0.25) is 0 Å². The van der Waals surface area contributed by atoms with Crippen LogP contribution in [0.3, 0.4) is 0 Å². The summed E-state index contributed by atoms with van der Waals surface area (Å²) in [7, 11) is 0. The summed E-state index contributed by atoms with van der Waals surface area (Å²) in [5.74, 6) is -1.19. The van der Waals surface area contributed by atoms with Crippen LogP contribution in [0.4, 0.5) is 10.1 Å². The molecule has 2 unspecified atom stereocenters. The van der Waals surface area contributed by atoms with E-state index in [9.17, 15) is 19.3 Å². The van der Waals surface area contributed by atoms with Crippen molar-refractivity contribution in [2.45, 2.75) is 31.3 Å². The van der Waals surface area contributed by atoms with E-state index in [1.54, 1.807) is 4.90 Å². The molecule has 6 nitrogen and oxygen atoms in total. The third-order valence-corrected chi connectivity index (χ3v) is 4.28. The van der Waals surface area contributed by atoms with E-state index in [4.69, 9.17) is 0 Å². The van der Waals surface area contributed by atoms with Gasteiger partial charge < -0.3 is 10.2 Å². The van der Waals surface area contributed by atoms with Crippen LogP contribution < -0.4 is 5.32 Å². The average molecular weight is 293 g/mol. The first kappa shape index (κ1) is 13.9. The predicted molar refractivity (Wildman–Crippen MR) is 73.5 cm³/mol. The Morgan fingerprint density at radius 2 is 2.10 bits per heavy atom. The molecule has 0 aliphatic carbocycles. The monoisotopic (exact) mass is 293 g/mol. The van der Waals surface area contributed by atoms with Gasteiger partial charge in [-0.25, -0.2) is 4.39 Å². The molecule has 1 amide bonds. The lowest BCUT2D eigenvalue weighted by Crippen LogP contribution is -2.42. The molecule has 2 bridgehead atoms. The number of carbonyl (C=O) groups excluding carboxylic acids is 1. The van der Waals surface area contributed by atoms with Crippen molar-refractivity contribution in [3.05, 3.63) is 39.7 Å². The molecular weight excluding hydrogens is 277 g/mol. The number of carbonyl (C=O) groups is 1. The number of non-ortho nitro benzene ring substituents is 1. The van der Waals surface area contributed by atoms with Gasteiger partial charge in [0.05, 0.1) is 16.6 Å². The first-order valence-electron chi connectivity index (χ1n) is 7.05. The number of rotatable bonds is 2. The van der Waals surface area contributed by atoms with Gasteiger partial charge >= 0.3 is 0 Å². The molecule has 2 aliphatic heterocycles. The van der Waals surface area contributed by atoms with Gasteiger partial charge in [0.15, 0.2) is 0 Å². The molecule has 21 heavy (non-hydrogen) atoms. The van der Waals surface area contributed by atoms with Gasteiger partial charge in [-0.1, -0.05) is 0 Å². The summed E-state index contributed by atoms with van der Waals surface area (Å²) in [5, 5.41) is 13.9. The summed E-state index contributed by atoms with van der Waals surface area (Å²) < 4.78 is 14.0. The number of nitrogens with zero attached hydrogens (tertiary/aromatic N) is 2. The van der Waals surface area contributed by atoms with Gasteiger partial charge in [-0.2, -0.15) is 0 Å². The average Bonchev–Trinajstić information content (AvgIpc) is 2.71. The van der Waals surface area contributed by atoms with E-state index in [1.165, 1.54) is 12.1 Å². The summed E-state index contributed by atoms with van der Waals surface area (Å²) in [5.41, 5.74) is -0.427. The first-order valence-corrected chi connectivity index (χ1v) is 7.05. The zero-order valence-electron chi connectivity index (χ0n) is 11.4. The fraction of sp³-hybridized carbons (Fsp3) is 0.500. The Kier molecular flexibility index (Phi) is 3.59. The molecule has 0 spiro atoms. The summed E-state index contributed by atoms with van der Waals surface area (Å²) in [6.07, 6.45) is 2.71. The van der Waals surface area contributed by atoms with Gasteiger partial charge in [0.25, 0.3) is 11.6 Å². The Morgan fingerprint density at radius 3 is 2.81 bits per heavy atom. The minimum Gasteiger partial charge on any atom is -0.331 e. The molecule has 0 aromatic heterocycles. The highest BCUT2D eigenvalue weighted by Gasteiger charge is 2.39. The van der Waals surface area contributed by atoms with E-state index in [1.807, 2.05) is 0 Å². The lowest BCUT2D eigenvalue weighted by atomic mass is 10.1. The SMILES string of the molecule is O=C(c1ccc([N+](=O)[O-])cc1F)N1C2CCNCC1CC2. The second-order valence-corrected chi connectivity index (χ2v) is 5.51. The lowest BCUT2D eigenvalue weighted by Gasteiger charge is -2.28. The van der Waals surface area contributed by atoms with Crippen molar-refractivity contribution in [2.24, 2.45) is 0 Å². The fourth-order valence-corrected chi connectivity index (χ4v) is 3.24. The van der Waals surface area contributed by atoms with E-state index >= 15 is 0 Å². The van der Waals surface area contributed by atoms with Crippen LogP contribution in [0.25, 0.3) is 0 Å².